The van der Waals surface area contributed by atoms with Gasteiger partial charge in [0.2, 0.25) is 21.8 Å². The van der Waals surface area contributed by atoms with Gasteiger partial charge >= 0.3 is 0 Å². The van der Waals surface area contributed by atoms with Gasteiger partial charge in [-0.3, -0.25) is 13.9 Å². The number of carbonyl (C=O) groups is 2. The van der Waals surface area contributed by atoms with Crippen LogP contribution in [0.25, 0.3) is 0 Å². The van der Waals surface area contributed by atoms with Crippen molar-refractivity contribution in [2.45, 2.75) is 45.8 Å². The Hall–Kier alpha value is -1.81. The summed E-state index contributed by atoms with van der Waals surface area (Å²) < 4.78 is 27.0. The maximum absolute atomic E-state index is 13.5. The smallest absolute Gasteiger partial charge is 0.244 e. The van der Waals surface area contributed by atoms with E-state index in [2.05, 4.69) is 21.2 Å². The van der Waals surface area contributed by atoms with Crippen LogP contribution in [-0.2, 0) is 26.2 Å². The van der Waals surface area contributed by atoms with E-state index in [0.717, 1.165) is 20.6 Å². The average molecular weight is 593 g/mol. The van der Waals surface area contributed by atoms with Crippen molar-refractivity contribution >= 4 is 66.7 Å². The molecule has 11 heteroatoms. The standard InChI is InChI=1S/C23H28BrCl2N3O4S/c1-15(22(31)27-23(2,3)4)28(13-16-6-8-17(24)9-7-16)21(30)14-29(34(5,32)33)20-11-18(25)10-19(26)12-20/h6-12,15H,13-14H2,1-5H3,(H,27,31)/t15-/m0/s1. The first-order valence-corrected chi connectivity index (χ1v) is 13.8. The summed E-state index contributed by atoms with van der Waals surface area (Å²) in [5, 5.41) is 3.33. The van der Waals surface area contributed by atoms with Gasteiger partial charge in [0.1, 0.15) is 12.6 Å². The molecule has 0 saturated carbocycles. The minimum Gasteiger partial charge on any atom is -0.350 e. The zero-order valence-corrected chi connectivity index (χ0v) is 23.5. The molecule has 1 atom stereocenters. The van der Waals surface area contributed by atoms with Gasteiger partial charge in [0.25, 0.3) is 0 Å². The number of halogens is 3. The van der Waals surface area contributed by atoms with Gasteiger partial charge in [0.15, 0.2) is 0 Å². The van der Waals surface area contributed by atoms with E-state index in [1.54, 1.807) is 6.92 Å². The van der Waals surface area contributed by atoms with Gasteiger partial charge in [0, 0.05) is 26.6 Å². The Labute approximate surface area is 219 Å². The van der Waals surface area contributed by atoms with Gasteiger partial charge in [-0.2, -0.15) is 0 Å². The molecule has 0 radical (unpaired) electrons. The molecule has 0 spiro atoms. The van der Waals surface area contributed by atoms with Crippen LogP contribution in [0.1, 0.15) is 33.3 Å². The molecule has 0 aliphatic heterocycles. The molecule has 0 fully saturated rings. The van der Waals surface area contributed by atoms with Crippen molar-refractivity contribution in [2.75, 3.05) is 17.1 Å². The zero-order valence-electron chi connectivity index (χ0n) is 19.6. The Morgan fingerprint density at radius 2 is 1.59 bits per heavy atom. The topological polar surface area (TPSA) is 86.8 Å². The molecule has 0 aliphatic rings. The Morgan fingerprint density at radius 1 is 1.06 bits per heavy atom. The number of amides is 2. The Bertz CT molecular complexity index is 1130. The van der Waals surface area contributed by atoms with Crippen molar-refractivity contribution in [1.82, 2.24) is 10.2 Å². The summed E-state index contributed by atoms with van der Waals surface area (Å²) in [5.41, 5.74) is 0.431. The number of hydrogen-bond acceptors (Lipinski definition) is 4. The molecule has 186 valence electrons. The van der Waals surface area contributed by atoms with Crippen molar-refractivity contribution in [3.05, 3.63) is 62.5 Å². The molecule has 34 heavy (non-hydrogen) atoms. The van der Waals surface area contributed by atoms with Crippen molar-refractivity contribution in [3.63, 3.8) is 0 Å². The summed E-state index contributed by atoms with van der Waals surface area (Å²) in [4.78, 5) is 27.8. The predicted octanol–water partition coefficient (Wildman–Crippen LogP) is 4.85. The highest BCUT2D eigenvalue weighted by Crippen LogP contribution is 2.27. The maximum atomic E-state index is 13.5. The number of benzene rings is 2. The Kier molecular flexibility index (Phi) is 9.44. The molecule has 7 nitrogen and oxygen atoms in total. The van der Waals surface area contributed by atoms with Gasteiger partial charge in [-0.05, 0) is 63.6 Å². The molecule has 0 saturated heterocycles. The van der Waals surface area contributed by atoms with Crippen molar-refractivity contribution in [3.8, 4) is 0 Å². The second kappa shape index (κ2) is 11.3. The van der Waals surface area contributed by atoms with Gasteiger partial charge in [-0.25, -0.2) is 8.42 Å². The summed E-state index contributed by atoms with van der Waals surface area (Å²) in [6.45, 7) is 6.71. The summed E-state index contributed by atoms with van der Waals surface area (Å²) >= 11 is 15.5. The average Bonchev–Trinajstić information content (AvgIpc) is 2.68. The lowest BCUT2D eigenvalue weighted by atomic mass is 10.1. The zero-order chi connectivity index (χ0) is 25.8. The third-order valence-electron chi connectivity index (χ3n) is 4.75. The molecule has 0 bridgehead atoms. The van der Waals surface area contributed by atoms with Crippen LogP contribution in [0.5, 0.6) is 0 Å². The van der Waals surface area contributed by atoms with E-state index in [9.17, 15) is 18.0 Å². The molecular weight excluding hydrogens is 565 g/mol. The van der Waals surface area contributed by atoms with E-state index in [-0.39, 0.29) is 28.2 Å². The minimum absolute atomic E-state index is 0.110. The highest BCUT2D eigenvalue weighted by atomic mass is 79.9. The number of rotatable bonds is 8. The van der Waals surface area contributed by atoms with E-state index in [0.29, 0.717) is 0 Å². The van der Waals surface area contributed by atoms with Gasteiger partial charge in [-0.15, -0.1) is 0 Å². The molecular formula is C23H28BrCl2N3O4S. The number of nitrogens with one attached hydrogen (secondary N) is 1. The van der Waals surface area contributed by atoms with Crippen molar-refractivity contribution in [2.24, 2.45) is 0 Å². The first-order chi connectivity index (χ1) is 15.6. The molecule has 2 amide bonds. The molecule has 2 rings (SSSR count). The second-order valence-corrected chi connectivity index (χ2v) is 12.7. The van der Waals surface area contributed by atoms with E-state index < -0.39 is 34.1 Å². The summed E-state index contributed by atoms with van der Waals surface area (Å²) in [5.74, 6) is -0.907. The van der Waals surface area contributed by atoms with Crippen molar-refractivity contribution in [1.29, 1.82) is 0 Å². The first-order valence-electron chi connectivity index (χ1n) is 10.4. The van der Waals surface area contributed by atoms with E-state index >= 15 is 0 Å². The number of nitrogens with zero attached hydrogens (tertiary/aromatic N) is 2. The summed E-state index contributed by atoms with van der Waals surface area (Å²) in [6.07, 6.45) is 0.990. The maximum Gasteiger partial charge on any atom is 0.244 e. The summed E-state index contributed by atoms with van der Waals surface area (Å²) in [6, 6.07) is 10.7. The predicted molar refractivity (Wildman–Crippen MR) is 141 cm³/mol. The largest absolute Gasteiger partial charge is 0.350 e. The molecule has 1 N–H and O–H groups in total. The SMILES string of the molecule is C[C@@H](C(=O)NC(C)(C)C)N(Cc1ccc(Br)cc1)C(=O)CN(c1cc(Cl)cc(Cl)c1)S(C)(=O)=O. The molecule has 0 heterocycles. The van der Waals surface area contributed by atoms with Crippen LogP contribution in [0.4, 0.5) is 5.69 Å². The van der Waals surface area contributed by atoms with Gasteiger partial charge < -0.3 is 10.2 Å². The molecule has 0 aromatic heterocycles. The highest BCUT2D eigenvalue weighted by Gasteiger charge is 2.31. The summed E-state index contributed by atoms with van der Waals surface area (Å²) in [7, 11) is -3.87. The van der Waals surface area contributed by atoms with Gasteiger partial charge in [0.05, 0.1) is 11.9 Å². The fourth-order valence-electron chi connectivity index (χ4n) is 3.14. The lowest BCUT2D eigenvalue weighted by Crippen LogP contribution is -2.54. The van der Waals surface area contributed by atoms with E-state index in [1.807, 2.05) is 45.0 Å². The second-order valence-electron chi connectivity index (χ2n) is 8.96. The lowest BCUT2D eigenvalue weighted by molar-refractivity contribution is -0.140. The Balaban J connectivity index is 2.43. The lowest BCUT2D eigenvalue weighted by Gasteiger charge is -2.33. The van der Waals surface area contributed by atoms with Crippen LogP contribution >= 0.6 is 39.1 Å². The van der Waals surface area contributed by atoms with Crippen molar-refractivity contribution < 1.29 is 18.0 Å². The van der Waals surface area contributed by atoms with Crippen LogP contribution in [0.15, 0.2) is 46.9 Å². The van der Waals surface area contributed by atoms with E-state index in [4.69, 9.17) is 23.2 Å². The molecule has 0 aliphatic carbocycles. The van der Waals surface area contributed by atoms with Crippen LogP contribution < -0.4 is 9.62 Å². The third-order valence-corrected chi connectivity index (χ3v) is 6.85. The molecule has 2 aromatic carbocycles. The normalized spacial score (nSPS) is 12.7. The van der Waals surface area contributed by atoms with Crippen LogP contribution in [-0.4, -0.2) is 49.5 Å². The quantitative estimate of drug-likeness (QED) is 0.474. The fourth-order valence-corrected chi connectivity index (χ4v) is 4.75. The monoisotopic (exact) mass is 591 g/mol. The first kappa shape index (κ1) is 28.4. The number of carbonyl (C=O) groups excluding carboxylic acids is 2. The highest BCUT2D eigenvalue weighted by molar-refractivity contribution is 9.10. The van der Waals surface area contributed by atoms with E-state index in [1.165, 1.54) is 23.1 Å². The number of hydrogen-bond donors (Lipinski definition) is 1. The van der Waals surface area contributed by atoms with Crippen LogP contribution in [0.3, 0.4) is 0 Å². The van der Waals surface area contributed by atoms with Crippen LogP contribution in [0.2, 0.25) is 10.0 Å². The molecule has 2 aromatic rings. The third kappa shape index (κ3) is 8.45. The fraction of sp³-hybridized carbons (Fsp3) is 0.391. The van der Waals surface area contributed by atoms with Gasteiger partial charge in [-0.1, -0.05) is 51.3 Å². The Morgan fingerprint density at radius 3 is 2.06 bits per heavy atom. The minimum atomic E-state index is -3.87. The number of sulfonamides is 1. The van der Waals surface area contributed by atoms with Crippen LogP contribution in [0, 0.1) is 0 Å². The molecule has 0 unspecified atom stereocenters. The number of anilines is 1.